The average molecular weight is 435 g/mol. The minimum absolute atomic E-state index is 0.209. The zero-order valence-corrected chi connectivity index (χ0v) is 15.7. The van der Waals surface area contributed by atoms with Crippen LogP contribution in [0.25, 0.3) is 0 Å². The molecule has 2 unspecified atom stereocenters. The second kappa shape index (κ2) is 7.22. The quantitative estimate of drug-likeness (QED) is 0.407. The third-order valence-corrected chi connectivity index (χ3v) is 5.17. The predicted octanol–water partition coefficient (Wildman–Crippen LogP) is 4.17. The Morgan fingerprint density at radius 3 is 2.29 bits per heavy atom. The second-order valence-corrected chi connectivity index (χ2v) is 7.99. The molecule has 3 amide bonds. The van der Waals surface area contributed by atoms with Crippen molar-refractivity contribution >= 4 is 81.5 Å². The van der Waals surface area contributed by atoms with Crippen molar-refractivity contribution in [1.29, 1.82) is 0 Å². The van der Waals surface area contributed by atoms with Crippen LogP contribution >= 0.6 is 58.0 Å². The van der Waals surface area contributed by atoms with Crippen LogP contribution in [0.4, 0.5) is 14.9 Å². The van der Waals surface area contributed by atoms with Crippen LogP contribution in [-0.2, 0) is 4.79 Å². The first-order valence-corrected chi connectivity index (χ1v) is 8.35. The number of carbonyl (C=O) groups is 2. The molecule has 1 fully saturated rings. The summed E-state index contributed by atoms with van der Waals surface area (Å²) >= 11 is 28.7. The van der Waals surface area contributed by atoms with Crippen LogP contribution in [0.5, 0.6) is 0 Å². The molecule has 0 N–H and O–H groups in total. The topological polar surface area (TPSA) is 53.0 Å². The number of urea groups is 1. The number of carbonyl (C=O) groups excluding carboxylic acids is 2. The van der Waals surface area contributed by atoms with Crippen molar-refractivity contribution in [2.45, 2.75) is 14.7 Å². The minimum Gasteiger partial charge on any atom is -0.276 e. The van der Waals surface area contributed by atoms with E-state index in [1.54, 1.807) is 0 Å². The van der Waals surface area contributed by atoms with Gasteiger partial charge in [0.25, 0.3) is 0 Å². The number of para-hydroxylation sites is 1. The van der Waals surface area contributed by atoms with Gasteiger partial charge in [0.2, 0.25) is 9.63 Å². The molecule has 11 heteroatoms. The maximum Gasteiger partial charge on any atom is 0.337 e. The predicted molar refractivity (Wildman–Crippen MR) is 94.1 cm³/mol. The summed E-state index contributed by atoms with van der Waals surface area (Å²) in [5.74, 6) is -1.96. The van der Waals surface area contributed by atoms with Crippen LogP contribution < -0.4 is 4.90 Å². The van der Waals surface area contributed by atoms with Gasteiger partial charge in [-0.15, -0.1) is 11.6 Å². The summed E-state index contributed by atoms with van der Waals surface area (Å²) in [5, 5.41) is -1.27. The van der Waals surface area contributed by atoms with Crippen LogP contribution in [0, 0.1) is 5.82 Å². The number of benzene rings is 1. The first-order chi connectivity index (χ1) is 11.1. The molecule has 1 aliphatic heterocycles. The van der Waals surface area contributed by atoms with Gasteiger partial charge in [0.15, 0.2) is 0 Å². The maximum absolute atomic E-state index is 13.9. The van der Waals surface area contributed by atoms with Gasteiger partial charge < -0.3 is 0 Å². The van der Waals surface area contributed by atoms with Crippen LogP contribution in [0.15, 0.2) is 29.3 Å². The van der Waals surface area contributed by atoms with Gasteiger partial charge in [-0.2, -0.15) is 0 Å². The molecule has 1 aromatic rings. The summed E-state index contributed by atoms with van der Waals surface area (Å²) in [6.45, 7) is 0. The number of rotatable bonds is 3. The van der Waals surface area contributed by atoms with E-state index in [4.69, 9.17) is 58.0 Å². The van der Waals surface area contributed by atoms with Gasteiger partial charge in [-0.05, 0) is 12.1 Å². The number of alkyl halides is 5. The average Bonchev–Trinajstić information content (AvgIpc) is 2.70. The lowest BCUT2D eigenvalue weighted by Gasteiger charge is -2.20. The fourth-order valence-electron chi connectivity index (χ4n) is 1.90. The number of likely N-dealkylation sites (N-methyl/N-ethyl adjacent to an activating group) is 1. The number of amides is 3. The highest BCUT2D eigenvalue weighted by Gasteiger charge is 2.44. The Labute approximate surface area is 161 Å². The van der Waals surface area contributed by atoms with E-state index in [2.05, 4.69) is 4.99 Å². The van der Waals surface area contributed by atoms with Gasteiger partial charge in [-0.3, -0.25) is 9.69 Å². The van der Waals surface area contributed by atoms with E-state index in [0.29, 0.717) is 4.90 Å². The molecule has 1 aromatic carbocycles. The highest BCUT2D eigenvalue weighted by atomic mass is 35.6. The molecular formula is C13H9Cl5FN3O2. The Hall–Kier alpha value is -0.790. The standard InChI is InChI=1S/C13H9Cl5FN3O2/c1-21-10(20-9(15)8(14)13(16,17)18)11(23)22(12(21)24)7-5-3-2-4-6(7)19/h2-5,8-9H,1H3. The highest BCUT2D eigenvalue weighted by molar-refractivity contribution is 6.70. The molecule has 2 atom stereocenters. The number of halogens is 6. The zero-order valence-electron chi connectivity index (χ0n) is 11.9. The fraction of sp³-hybridized carbons (Fsp3) is 0.308. The van der Waals surface area contributed by atoms with Gasteiger partial charge in [-0.25, -0.2) is 19.1 Å². The lowest BCUT2D eigenvalue weighted by molar-refractivity contribution is -0.111. The number of aliphatic imine (C=N–C) groups is 1. The molecule has 24 heavy (non-hydrogen) atoms. The Bertz CT molecular complexity index is 709. The molecule has 0 bridgehead atoms. The molecule has 0 radical (unpaired) electrons. The first-order valence-electron chi connectivity index (χ1n) is 6.35. The molecule has 0 aromatic heterocycles. The Balaban J connectivity index is 2.38. The molecule has 5 nitrogen and oxygen atoms in total. The van der Waals surface area contributed by atoms with E-state index < -0.39 is 32.4 Å². The van der Waals surface area contributed by atoms with Gasteiger partial charge in [0.05, 0.1) is 5.69 Å². The van der Waals surface area contributed by atoms with Gasteiger partial charge in [0, 0.05) is 7.05 Å². The SMILES string of the molecule is CN1C(=O)N(c2ccccc2F)C(=O)C1=NC(Cl)C(Cl)C(Cl)(Cl)Cl. The van der Waals surface area contributed by atoms with Crippen molar-refractivity contribution in [3.63, 3.8) is 0 Å². The molecule has 0 aliphatic carbocycles. The normalized spacial score (nSPS) is 20.0. The number of nitrogens with zero attached hydrogens (tertiary/aromatic N) is 3. The van der Waals surface area contributed by atoms with Crippen LogP contribution in [0.1, 0.15) is 0 Å². The largest absolute Gasteiger partial charge is 0.337 e. The summed E-state index contributed by atoms with van der Waals surface area (Å²) in [6, 6.07) is 4.51. The van der Waals surface area contributed by atoms with E-state index in [1.165, 1.54) is 25.2 Å². The summed E-state index contributed by atoms with van der Waals surface area (Å²) in [6.07, 6.45) is 0. The third kappa shape index (κ3) is 3.73. The number of amidine groups is 1. The molecule has 0 spiro atoms. The summed E-state index contributed by atoms with van der Waals surface area (Å²) in [4.78, 5) is 30.1. The van der Waals surface area contributed by atoms with Gasteiger partial charge in [-0.1, -0.05) is 58.5 Å². The molecule has 0 saturated carbocycles. The van der Waals surface area contributed by atoms with E-state index in [9.17, 15) is 14.0 Å². The number of hydrogen-bond donors (Lipinski definition) is 0. The number of imide groups is 1. The molecule has 2 rings (SSSR count). The Morgan fingerprint density at radius 2 is 1.75 bits per heavy atom. The number of anilines is 1. The highest BCUT2D eigenvalue weighted by Crippen LogP contribution is 2.38. The molecule has 1 aliphatic rings. The van der Waals surface area contributed by atoms with Crippen molar-refractivity contribution in [1.82, 2.24) is 4.90 Å². The van der Waals surface area contributed by atoms with Crippen LogP contribution in [0.3, 0.4) is 0 Å². The minimum atomic E-state index is -1.94. The van der Waals surface area contributed by atoms with Crippen molar-refractivity contribution in [2.75, 3.05) is 11.9 Å². The maximum atomic E-state index is 13.9. The third-order valence-electron chi connectivity index (χ3n) is 3.08. The van der Waals surface area contributed by atoms with E-state index in [-0.39, 0.29) is 11.5 Å². The van der Waals surface area contributed by atoms with Crippen LogP contribution in [-0.4, -0.2) is 44.4 Å². The van der Waals surface area contributed by atoms with Crippen molar-refractivity contribution < 1.29 is 14.0 Å². The summed E-state index contributed by atoms with van der Waals surface area (Å²) in [5.41, 5.74) is -1.52. The van der Waals surface area contributed by atoms with E-state index >= 15 is 0 Å². The first kappa shape index (κ1) is 19.5. The Morgan fingerprint density at radius 1 is 1.17 bits per heavy atom. The van der Waals surface area contributed by atoms with E-state index in [0.717, 1.165) is 11.0 Å². The molecule has 130 valence electrons. The van der Waals surface area contributed by atoms with Crippen LogP contribution in [0.2, 0.25) is 0 Å². The lowest BCUT2D eigenvalue weighted by Crippen LogP contribution is -2.32. The Kier molecular flexibility index (Phi) is 5.87. The smallest absolute Gasteiger partial charge is 0.276 e. The van der Waals surface area contributed by atoms with E-state index in [1.807, 2.05) is 0 Å². The molecular weight excluding hydrogens is 426 g/mol. The molecule has 1 saturated heterocycles. The second-order valence-electron chi connectivity index (χ2n) is 4.70. The fourth-order valence-corrected chi connectivity index (χ4v) is 2.79. The van der Waals surface area contributed by atoms with Gasteiger partial charge >= 0.3 is 11.9 Å². The lowest BCUT2D eigenvalue weighted by atomic mass is 10.3. The number of hydrogen-bond acceptors (Lipinski definition) is 3. The molecule has 1 heterocycles. The van der Waals surface area contributed by atoms with Crippen molar-refractivity contribution in [3.8, 4) is 0 Å². The summed E-state index contributed by atoms with van der Waals surface area (Å²) < 4.78 is 11.9. The van der Waals surface area contributed by atoms with Crippen molar-refractivity contribution in [3.05, 3.63) is 30.1 Å². The van der Waals surface area contributed by atoms with Gasteiger partial charge in [0.1, 0.15) is 16.7 Å². The zero-order chi connectivity index (χ0) is 18.2. The summed E-state index contributed by atoms with van der Waals surface area (Å²) in [7, 11) is 1.28. The monoisotopic (exact) mass is 433 g/mol. The van der Waals surface area contributed by atoms with Crippen molar-refractivity contribution in [2.24, 2.45) is 4.99 Å².